The second-order valence-corrected chi connectivity index (χ2v) is 6.03. The van der Waals surface area contributed by atoms with Crippen LogP contribution < -0.4 is 0 Å². The topological polar surface area (TPSA) is 60.9 Å². The van der Waals surface area contributed by atoms with Crippen LogP contribution in [0.4, 0.5) is 0 Å². The highest BCUT2D eigenvalue weighted by Gasteiger charge is 2.20. The molecule has 5 heteroatoms. The van der Waals surface area contributed by atoms with Crippen molar-refractivity contribution < 1.29 is 14.7 Å². The van der Waals surface area contributed by atoms with Gasteiger partial charge in [0.1, 0.15) is 0 Å². The summed E-state index contributed by atoms with van der Waals surface area (Å²) in [6.45, 7) is 8.74. The van der Waals surface area contributed by atoms with Crippen LogP contribution in [0.25, 0.3) is 0 Å². The van der Waals surface area contributed by atoms with Gasteiger partial charge in [-0.25, -0.2) is 0 Å². The van der Waals surface area contributed by atoms with Crippen LogP contribution in [0.1, 0.15) is 48.4 Å². The van der Waals surface area contributed by atoms with E-state index in [4.69, 9.17) is 0 Å². The van der Waals surface area contributed by atoms with Crippen LogP contribution in [0.3, 0.4) is 0 Å². The highest BCUT2D eigenvalue weighted by Crippen LogP contribution is 2.11. The van der Waals surface area contributed by atoms with Gasteiger partial charge in [-0.3, -0.25) is 9.59 Å². The Morgan fingerprint density at radius 3 is 1.77 bits per heavy atom. The third-order valence-corrected chi connectivity index (χ3v) is 3.40. The lowest BCUT2D eigenvalue weighted by Crippen LogP contribution is -2.39. The van der Waals surface area contributed by atoms with Gasteiger partial charge in [0.25, 0.3) is 11.8 Å². The number of carbonyl (C=O) groups is 2. The molecule has 0 bridgehead atoms. The van der Waals surface area contributed by atoms with E-state index in [1.54, 1.807) is 50.1 Å². The summed E-state index contributed by atoms with van der Waals surface area (Å²) in [6, 6.07) is 6.65. The number of rotatable bonds is 6. The largest absolute Gasteiger partial charge is 0.389 e. The van der Waals surface area contributed by atoms with Crippen LogP contribution in [0, 0.1) is 0 Å². The Morgan fingerprint density at radius 1 is 1.00 bits per heavy atom. The van der Waals surface area contributed by atoms with Crippen molar-refractivity contribution in [3.8, 4) is 0 Å². The minimum absolute atomic E-state index is 0.0335. The molecule has 0 aliphatic carbocycles. The first-order valence-electron chi connectivity index (χ1n) is 7.56. The number of carbonyl (C=O) groups excluding carboxylic acids is 2. The number of amides is 2. The predicted molar refractivity (Wildman–Crippen MR) is 87.0 cm³/mol. The molecule has 22 heavy (non-hydrogen) atoms. The zero-order valence-electron chi connectivity index (χ0n) is 14.1. The molecule has 0 heterocycles. The number of nitrogens with zero attached hydrogens (tertiary/aromatic N) is 2. The fraction of sp³-hybridized carbons (Fsp3) is 0.529. The number of aliphatic hydroxyl groups is 1. The molecule has 1 aromatic carbocycles. The Hall–Kier alpha value is -1.88. The van der Waals surface area contributed by atoms with E-state index in [1.165, 1.54) is 4.90 Å². The summed E-state index contributed by atoms with van der Waals surface area (Å²) in [5.41, 5.74) is 0.136. The molecule has 0 spiro atoms. The molecule has 0 aliphatic heterocycles. The van der Waals surface area contributed by atoms with Crippen molar-refractivity contribution in [3.63, 3.8) is 0 Å². The fourth-order valence-electron chi connectivity index (χ4n) is 2.32. The average Bonchev–Trinajstić information content (AvgIpc) is 2.46. The summed E-state index contributed by atoms with van der Waals surface area (Å²) in [5, 5.41) is 9.77. The fourth-order valence-corrected chi connectivity index (χ4v) is 2.32. The quantitative estimate of drug-likeness (QED) is 0.874. The summed E-state index contributed by atoms with van der Waals surface area (Å²) >= 11 is 0. The maximum atomic E-state index is 12.3. The minimum Gasteiger partial charge on any atom is -0.389 e. The van der Waals surface area contributed by atoms with Crippen LogP contribution in [0.15, 0.2) is 24.3 Å². The van der Waals surface area contributed by atoms with E-state index in [-0.39, 0.29) is 18.4 Å². The van der Waals surface area contributed by atoms with Gasteiger partial charge in [0.15, 0.2) is 0 Å². The lowest BCUT2D eigenvalue weighted by atomic mass is 10.1. The molecule has 1 N–H and O–H groups in total. The molecule has 1 rings (SSSR count). The lowest BCUT2D eigenvalue weighted by molar-refractivity contribution is 0.0368. The molecule has 0 saturated heterocycles. The molecule has 0 unspecified atom stereocenters. The second kappa shape index (κ2) is 7.40. The van der Waals surface area contributed by atoms with Crippen molar-refractivity contribution >= 4 is 11.8 Å². The molecule has 1 aromatic rings. The van der Waals surface area contributed by atoms with Crippen molar-refractivity contribution in [3.05, 3.63) is 35.4 Å². The molecule has 0 aromatic heterocycles. The Morgan fingerprint density at radius 2 is 1.41 bits per heavy atom. The van der Waals surface area contributed by atoms with E-state index in [9.17, 15) is 14.7 Å². The smallest absolute Gasteiger partial charge is 0.253 e. The van der Waals surface area contributed by atoms with Gasteiger partial charge in [0.2, 0.25) is 0 Å². The molecule has 0 atom stereocenters. The summed E-state index contributed by atoms with van der Waals surface area (Å²) in [5.74, 6) is -0.210. The Kier molecular flexibility index (Phi) is 6.11. The Bertz CT molecular complexity index is 514. The normalized spacial score (nSPS) is 11.2. The van der Waals surface area contributed by atoms with Gasteiger partial charge in [-0.2, -0.15) is 0 Å². The maximum Gasteiger partial charge on any atom is 0.253 e. The van der Waals surface area contributed by atoms with Gasteiger partial charge >= 0.3 is 0 Å². The lowest BCUT2D eigenvalue weighted by Gasteiger charge is -2.25. The monoisotopic (exact) mass is 306 g/mol. The zero-order chi connectivity index (χ0) is 16.9. The number of hydrogen-bond donors (Lipinski definition) is 1. The standard InChI is InChI=1S/C17H26N2O3/c1-6-19(7-2)16(21)14-10-8-13(9-11-14)15(20)18(5)12-17(3,4)22/h8-11,22H,6-7,12H2,1-5H3. The second-order valence-electron chi connectivity index (χ2n) is 6.03. The van der Waals surface area contributed by atoms with Crippen molar-refractivity contribution in [2.45, 2.75) is 33.3 Å². The van der Waals surface area contributed by atoms with E-state index in [0.29, 0.717) is 24.2 Å². The zero-order valence-corrected chi connectivity index (χ0v) is 14.1. The van der Waals surface area contributed by atoms with Gasteiger partial charge in [-0.15, -0.1) is 0 Å². The Labute approximate surface area is 132 Å². The first-order chi connectivity index (χ1) is 10.2. The highest BCUT2D eigenvalue weighted by molar-refractivity contribution is 5.97. The van der Waals surface area contributed by atoms with Crippen molar-refractivity contribution in [2.24, 2.45) is 0 Å². The summed E-state index contributed by atoms with van der Waals surface area (Å²) < 4.78 is 0. The first kappa shape index (κ1) is 18.2. The van der Waals surface area contributed by atoms with E-state index < -0.39 is 5.60 Å². The number of likely N-dealkylation sites (N-methyl/N-ethyl adjacent to an activating group) is 1. The molecule has 0 aliphatic rings. The summed E-state index contributed by atoms with van der Waals surface area (Å²) in [4.78, 5) is 27.7. The number of benzene rings is 1. The van der Waals surface area contributed by atoms with Crippen molar-refractivity contribution in [1.82, 2.24) is 9.80 Å². The SMILES string of the molecule is CCN(CC)C(=O)c1ccc(C(=O)N(C)CC(C)(C)O)cc1. The molecule has 0 saturated carbocycles. The first-order valence-corrected chi connectivity index (χ1v) is 7.56. The maximum absolute atomic E-state index is 12.3. The van der Waals surface area contributed by atoms with Crippen LogP contribution in [0.5, 0.6) is 0 Å². The summed E-state index contributed by atoms with van der Waals surface area (Å²) in [7, 11) is 1.65. The van der Waals surface area contributed by atoms with Gasteiger partial charge < -0.3 is 14.9 Å². The third-order valence-electron chi connectivity index (χ3n) is 3.40. The number of hydrogen-bond acceptors (Lipinski definition) is 3. The molecule has 0 fully saturated rings. The van der Waals surface area contributed by atoms with Crippen LogP contribution in [-0.4, -0.2) is 59.0 Å². The summed E-state index contributed by atoms with van der Waals surface area (Å²) in [6.07, 6.45) is 0. The van der Waals surface area contributed by atoms with Crippen LogP contribution in [-0.2, 0) is 0 Å². The minimum atomic E-state index is -0.941. The third kappa shape index (κ3) is 4.84. The molecule has 122 valence electrons. The van der Waals surface area contributed by atoms with Crippen molar-refractivity contribution in [1.29, 1.82) is 0 Å². The average molecular weight is 306 g/mol. The van der Waals surface area contributed by atoms with Gasteiger partial charge in [-0.1, -0.05) is 0 Å². The van der Waals surface area contributed by atoms with Crippen LogP contribution >= 0.6 is 0 Å². The van der Waals surface area contributed by atoms with E-state index in [0.717, 1.165) is 0 Å². The van der Waals surface area contributed by atoms with Crippen LogP contribution in [0.2, 0.25) is 0 Å². The molecule has 0 radical (unpaired) electrons. The molecular weight excluding hydrogens is 280 g/mol. The van der Waals surface area contributed by atoms with Gasteiger partial charge in [-0.05, 0) is 52.0 Å². The molecule has 2 amide bonds. The predicted octanol–water partition coefficient (Wildman–Crippen LogP) is 2.01. The van der Waals surface area contributed by atoms with Crippen molar-refractivity contribution in [2.75, 3.05) is 26.7 Å². The molecular formula is C17H26N2O3. The van der Waals surface area contributed by atoms with Gasteiger partial charge in [0, 0.05) is 37.8 Å². The van der Waals surface area contributed by atoms with E-state index in [1.807, 2.05) is 13.8 Å². The van der Waals surface area contributed by atoms with E-state index >= 15 is 0 Å². The van der Waals surface area contributed by atoms with E-state index in [2.05, 4.69) is 0 Å². The molecule has 5 nitrogen and oxygen atoms in total. The Balaban J connectivity index is 2.84. The van der Waals surface area contributed by atoms with Gasteiger partial charge in [0.05, 0.1) is 5.60 Å². The highest BCUT2D eigenvalue weighted by atomic mass is 16.3.